The van der Waals surface area contributed by atoms with E-state index in [0.717, 1.165) is 10.5 Å². The highest BCUT2D eigenvalue weighted by Crippen LogP contribution is 2.34. The van der Waals surface area contributed by atoms with Gasteiger partial charge in [0.25, 0.3) is 5.91 Å². The van der Waals surface area contributed by atoms with Gasteiger partial charge in [0.1, 0.15) is 5.54 Å². The number of urea groups is 1. The quantitative estimate of drug-likeness (QED) is 0.804. The van der Waals surface area contributed by atoms with Crippen LogP contribution in [0.1, 0.15) is 12.5 Å². The van der Waals surface area contributed by atoms with Crippen molar-refractivity contribution in [3.05, 3.63) is 23.8 Å². The van der Waals surface area contributed by atoms with Crippen LogP contribution in [0.2, 0.25) is 0 Å². The Hall–Kier alpha value is -2.24. The monoisotopic (exact) mass is 262 g/mol. The molecule has 1 N–H and O–H groups in total. The molecule has 0 spiro atoms. The Balaban J connectivity index is 1.85. The van der Waals surface area contributed by atoms with Gasteiger partial charge >= 0.3 is 6.03 Å². The Morgan fingerprint density at radius 1 is 1.32 bits per heavy atom. The highest BCUT2D eigenvalue weighted by molar-refractivity contribution is 6.06. The van der Waals surface area contributed by atoms with Crippen LogP contribution in [0.5, 0.6) is 11.5 Å². The van der Waals surface area contributed by atoms with Gasteiger partial charge in [-0.15, -0.1) is 0 Å². The van der Waals surface area contributed by atoms with Gasteiger partial charge in [-0.05, 0) is 24.6 Å². The van der Waals surface area contributed by atoms with E-state index in [9.17, 15) is 9.59 Å². The maximum atomic E-state index is 12.1. The predicted octanol–water partition coefficient (Wildman–Crippen LogP) is 0.898. The average molecular weight is 262 g/mol. The molecule has 0 radical (unpaired) electrons. The third kappa shape index (κ3) is 1.80. The number of amides is 3. The van der Waals surface area contributed by atoms with Crippen molar-refractivity contribution in [3.8, 4) is 11.5 Å². The molecule has 2 heterocycles. The summed E-state index contributed by atoms with van der Waals surface area (Å²) in [6.07, 6.45) is 0.415. The molecule has 3 amide bonds. The average Bonchev–Trinajstić information content (AvgIpc) is 2.90. The summed E-state index contributed by atoms with van der Waals surface area (Å²) >= 11 is 0. The molecule has 100 valence electrons. The summed E-state index contributed by atoms with van der Waals surface area (Å²) in [5.41, 5.74) is 0.00944. The number of imide groups is 1. The summed E-state index contributed by atoms with van der Waals surface area (Å²) in [6.45, 7) is 1.94. The Labute approximate surface area is 110 Å². The van der Waals surface area contributed by atoms with E-state index >= 15 is 0 Å². The molecular formula is C13H14N2O4. The molecule has 0 aliphatic carbocycles. The number of hydrogen-bond acceptors (Lipinski definition) is 4. The molecular weight excluding hydrogens is 248 g/mol. The van der Waals surface area contributed by atoms with Crippen LogP contribution in [0.15, 0.2) is 18.2 Å². The first-order chi connectivity index (χ1) is 8.99. The number of nitrogens with zero attached hydrogens (tertiary/aromatic N) is 1. The number of carbonyl (C=O) groups is 2. The largest absolute Gasteiger partial charge is 0.454 e. The number of fused-ring (bicyclic) bond motifs is 1. The summed E-state index contributed by atoms with van der Waals surface area (Å²) in [4.78, 5) is 24.7. The molecule has 0 bridgehead atoms. The maximum Gasteiger partial charge on any atom is 0.324 e. The standard InChI is InChI=1S/C13H14N2O4/c1-13(11(16)15(2)12(17)14-13)6-8-3-4-9-10(5-8)19-7-18-9/h3-5H,6-7H2,1-2H3,(H,14,17)/t13-/m1/s1. The van der Waals surface area contributed by atoms with E-state index in [4.69, 9.17) is 9.47 Å². The number of nitrogens with one attached hydrogen (secondary N) is 1. The topological polar surface area (TPSA) is 67.9 Å². The molecule has 0 unspecified atom stereocenters. The zero-order valence-corrected chi connectivity index (χ0v) is 10.7. The van der Waals surface area contributed by atoms with Gasteiger partial charge in [0.15, 0.2) is 11.5 Å². The minimum Gasteiger partial charge on any atom is -0.454 e. The first-order valence-corrected chi connectivity index (χ1v) is 5.98. The molecule has 0 aromatic heterocycles. The van der Waals surface area contributed by atoms with Gasteiger partial charge < -0.3 is 14.8 Å². The number of carbonyl (C=O) groups excluding carboxylic acids is 2. The molecule has 0 saturated carbocycles. The second kappa shape index (κ2) is 3.88. The predicted molar refractivity (Wildman–Crippen MR) is 66.0 cm³/mol. The molecule has 3 rings (SSSR count). The lowest BCUT2D eigenvalue weighted by atomic mass is 9.92. The van der Waals surface area contributed by atoms with Crippen molar-refractivity contribution < 1.29 is 19.1 Å². The van der Waals surface area contributed by atoms with E-state index in [-0.39, 0.29) is 18.7 Å². The van der Waals surface area contributed by atoms with E-state index in [1.54, 1.807) is 6.92 Å². The van der Waals surface area contributed by atoms with Gasteiger partial charge in [0.2, 0.25) is 6.79 Å². The van der Waals surface area contributed by atoms with Crippen molar-refractivity contribution in [1.82, 2.24) is 10.2 Å². The highest BCUT2D eigenvalue weighted by Gasteiger charge is 2.45. The Kier molecular flexibility index (Phi) is 2.41. The maximum absolute atomic E-state index is 12.1. The number of rotatable bonds is 2. The van der Waals surface area contributed by atoms with E-state index in [1.807, 2.05) is 18.2 Å². The highest BCUT2D eigenvalue weighted by atomic mass is 16.7. The lowest BCUT2D eigenvalue weighted by molar-refractivity contribution is -0.129. The van der Waals surface area contributed by atoms with Crippen molar-refractivity contribution in [3.63, 3.8) is 0 Å². The van der Waals surface area contributed by atoms with Crippen molar-refractivity contribution in [1.29, 1.82) is 0 Å². The SMILES string of the molecule is CN1C(=O)N[C@](C)(Cc2ccc3c(c2)OCO3)C1=O. The molecule has 2 aliphatic heterocycles. The van der Waals surface area contributed by atoms with Gasteiger partial charge in [0.05, 0.1) is 0 Å². The minimum atomic E-state index is -0.903. The lowest BCUT2D eigenvalue weighted by Crippen LogP contribution is -2.45. The smallest absolute Gasteiger partial charge is 0.324 e. The summed E-state index contributed by atoms with van der Waals surface area (Å²) in [5.74, 6) is 1.15. The summed E-state index contributed by atoms with van der Waals surface area (Å²) in [6, 6.07) is 5.15. The van der Waals surface area contributed by atoms with Crippen LogP contribution >= 0.6 is 0 Å². The van der Waals surface area contributed by atoms with Gasteiger partial charge in [-0.2, -0.15) is 0 Å². The van der Waals surface area contributed by atoms with Crippen LogP contribution < -0.4 is 14.8 Å². The van der Waals surface area contributed by atoms with Crippen molar-refractivity contribution >= 4 is 11.9 Å². The van der Waals surface area contributed by atoms with Gasteiger partial charge in [-0.1, -0.05) is 6.07 Å². The zero-order chi connectivity index (χ0) is 13.6. The first kappa shape index (κ1) is 11.8. The van der Waals surface area contributed by atoms with E-state index in [2.05, 4.69) is 5.32 Å². The third-order valence-electron chi connectivity index (χ3n) is 3.46. The Bertz CT molecular complexity index is 572. The molecule has 1 fully saturated rings. The van der Waals surface area contributed by atoms with Gasteiger partial charge in [-0.25, -0.2) is 4.79 Å². The molecule has 2 aliphatic rings. The lowest BCUT2D eigenvalue weighted by Gasteiger charge is -2.21. The first-order valence-electron chi connectivity index (χ1n) is 5.98. The van der Waals surface area contributed by atoms with E-state index in [0.29, 0.717) is 17.9 Å². The van der Waals surface area contributed by atoms with Crippen LogP contribution in [0.3, 0.4) is 0 Å². The van der Waals surface area contributed by atoms with Gasteiger partial charge in [0, 0.05) is 13.5 Å². The molecule has 1 saturated heterocycles. The molecule has 1 atom stereocenters. The van der Waals surface area contributed by atoms with E-state index in [1.165, 1.54) is 7.05 Å². The molecule has 1 aromatic rings. The molecule has 19 heavy (non-hydrogen) atoms. The fourth-order valence-electron chi connectivity index (χ4n) is 2.41. The summed E-state index contributed by atoms with van der Waals surface area (Å²) in [7, 11) is 1.47. The number of ether oxygens (including phenoxy) is 2. The zero-order valence-electron chi connectivity index (χ0n) is 10.7. The molecule has 6 heteroatoms. The van der Waals surface area contributed by atoms with Gasteiger partial charge in [-0.3, -0.25) is 9.69 Å². The fraction of sp³-hybridized carbons (Fsp3) is 0.385. The Morgan fingerprint density at radius 2 is 2.05 bits per heavy atom. The molecule has 6 nitrogen and oxygen atoms in total. The Morgan fingerprint density at radius 3 is 2.74 bits per heavy atom. The molecule has 1 aromatic carbocycles. The van der Waals surface area contributed by atoms with Crippen LogP contribution in [-0.4, -0.2) is 36.2 Å². The number of likely N-dealkylation sites (N-methyl/N-ethyl adjacent to an activating group) is 1. The minimum absolute atomic E-state index is 0.217. The van der Waals surface area contributed by atoms with Crippen molar-refractivity contribution in [2.75, 3.05) is 13.8 Å². The van der Waals surface area contributed by atoms with Crippen LogP contribution in [0.25, 0.3) is 0 Å². The number of benzene rings is 1. The second-order valence-corrected chi connectivity index (χ2v) is 4.99. The normalized spacial score (nSPS) is 24.8. The van der Waals surface area contributed by atoms with E-state index < -0.39 is 5.54 Å². The van der Waals surface area contributed by atoms with Crippen LogP contribution in [-0.2, 0) is 11.2 Å². The fourth-order valence-corrected chi connectivity index (χ4v) is 2.41. The second-order valence-electron chi connectivity index (χ2n) is 4.99. The third-order valence-corrected chi connectivity index (χ3v) is 3.46. The van der Waals surface area contributed by atoms with Crippen LogP contribution in [0.4, 0.5) is 4.79 Å². The van der Waals surface area contributed by atoms with Crippen molar-refractivity contribution in [2.45, 2.75) is 18.9 Å². The van der Waals surface area contributed by atoms with Crippen molar-refractivity contribution in [2.24, 2.45) is 0 Å². The number of hydrogen-bond donors (Lipinski definition) is 1. The van der Waals surface area contributed by atoms with Crippen LogP contribution in [0, 0.1) is 0 Å². The summed E-state index contributed by atoms with van der Waals surface area (Å²) < 4.78 is 10.5. The summed E-state index contributed by atoms with van der Waals surface area (Å²) in [5, 5.41) is 2.71.